The van der Waals surface area contributed by atoms with E-state index >= 15 is 0 Å². The van der Waals surface area contributed by atoms with Crippen molar-refractivity contribution in [3.05, 3.63) is 28.2 Å². The number of amides is 1. The van der Waals surface area contributed by atoms with Crippen molar-refractivity contribution in [3.8, 4) is 0 Å². The number of anilines is 1. The van der Waals surface area contributed by atoms with Crippen LogP contribution in [0, 0.1) is 5.41 Å². The number of benzene rings is 1. The Morgan fingerprint density at radius 2 is 1.95 bits per heavy atom. The van der Waals surface area contributed by atoms with E-state index in [1.54, 1.807) is 13.8 Å². The summed E-state index contributed by atoms with van der Waals surface area (Å²) in [4.78, 5) is 11.9. The summed E-state index contributed by atoms with van der Waals surface area (Å²) in [7, 11) is 0. The van der Waals surface area contributed by atoms with Crippen LogP contribution in [0.5, 0.6) is 0 Å². The highest BCUT2D eigenvalue weighted by Gasteiger charge is 2.32. The fraction of sp³-hybridized carbons (Fsp3) is 0.417. The molecule has 0 radical (unpaired) electrons. The van der Waals surface area contributed by atoms with E-state index in [9.17, 15) is 18.0 Å². The van der Waals surface area contributed by atoms with E-state index in [2.05, 4.69) is 21.2 Å². The van der Waals surface area contributed by atoms with Crippen LogP contribution in [0.25, 0.3) is 0 Å². The summed E-state index contributed by atoms with van der Waals surface area (Å²) in [5.74, 6) is -0.377. The minimum atomic E-state index is -4.46. The zero-order valence-electron chi connectivity index (χ0n) is 10.2. The molecule has 1 aromatic carbocycles. The van der Waals surface area contributed by atoms with Crippen molar-refractivity contribution < 1.29 is 18.0 Å². The highest BCUT2D eigenvalue weighted by atomic mass is 79.9. The molecule has 1 amide bonds. The number of hydrogen-bond acceptors (Lipinski definition) is 1. The largest absolute Gasteiger partial charge is 0.416 e. The lowest BCUT2D eigenvalue weighted by molar-refractivity contribution is -0.137. The van der Waals surface area contributed by atoms with Gasteiger partial charge in [-0.2, -0.15) is 13.2 Å². The standard InChI is InChI=1S/C12H12BrClF3NO/c1-11(2,6-14)10(19)18-9-5-7(12(15,16)17)3-4-8(9)13/h3-5H,6H2,1-2H3,(H,18,19). The van der Waals surface area contributed by atoms with Crippen LogP contribution in [0.1, 0.15) is 19.4 Å². The summed E-state index contributed by atoms with van der Waals surface area (Å²) < 4.78 is 38.1. The van der Waals surface area contributed by atoms with Crippen LogP contribution in [-0.2, 0) is 11.0 Å². The second-order valence-corrected chi connectivity index (χ2v) is 5.79. The lowest BCUT2D eigenvalue weighted by atomic mass is 9.95. The van der Waals surface area contributed by atoms with Crippen LogP contribution in [0.4, 0.5) is 18.9 Å². The molecule has 2 nitrogen and oxygen atoms in total. The fourth-order valence-corrected chi connectivity index (χ4v) is 1.62. The Morgan fingerprint density at radius 3 is 2.42 bits per heavy atom. The molecule has 7 heteroatoms. The molecule has 0 aliphatic heterocycles. The van der Waals surface area contributed by atoms with Crippen LogP contribution in [0.2, 0.25) is 0 Å². The van der Waals surface area contributed by atoms with Crippen LogP contribution >= 0.6 is 27.5 Å². The number of carbonyl (C=O) groups excluding carboxylic acids is 1. The van der Waals surface area contributed by atoms with Crippen molar-refractivity contribution in [3.63, 3.8) is 0 Å². The smallest absolute Gasteiger partial charge is 0.325 e. The van der Waals surface area contributed by atoms with Gasteiger partial charge < -0.3 is 5.32 Å². The molecule has 0 fully saturated rings. The summed E-state index contributed by atoms with van der Waals surface area (Å²) in [6.07, 6.45) is -4.46. The zero-order valence-corrected chi connectivity index (χ0v) is 12.6. The van der Waals surface area contributed by atoms with Gasteiger partial charge in [0, 0.05) is 10.4 Å². The molecule has 0 aliphatic rings. The summed E-state index contributed by atoms with van der Waals surface area (Å²) in [6.45, 7) is 3.22. The maximum absolute atomic E-state index is 12.6. The minimum Gasteiger partial charge on any atom is -0.325 e. The van der Waals surface area contributed by atoms with Crippen LogP contribution < -0.4 is 5.32 Å². The lowest BCUT2D eigenvalue weighted by Crippen LogP contribution is -2.32. The number of alkyl halides is 4. The van der Waals surface area contributed by atoms with Gasteiger partial charge in [0.15, 0.2) is 0 Å². The molecule has 0 atom stereocenters. The van der Waals surface area contributed by atoms with E-state index in [0.717, 1.165) is 12.1 Å². The molecular weight excluding hydrogens is 346 g/mol. The predicted molar refractivity (Wildman–Crippen MR) is 72.3 cm³/mol. The van der Waals surface area contributed by atoms with Crippen molar-refractivity contribution >= 4 is 39.1 Å². The molecule has 1 N–H and O–H groups in total. The average molecular weight is 359 g/mol. The molecule has 0 saturated carbocycles. The van der Waals surface area contributed by atoms with Gasteiger partial charge in [-0.1, -0.05) is 0 Å². The molecule has 0 bridgehead atoms. The summed E-state index contributed by atoms with van der Waals surface area (Å²) in [6, 6.07) is 3.06. The van der Waals surface area contributed by atoms with Gasteiger partial charge in [0.2, 0.25) is 5.91 Å². The van der Waals surface area contributed by atoms with Gasteiger partial charge in [-0.3, -0.25) is 4.79 Å². The Labute approximate surface area is 122 Å². The van der Waals surface area contributed by atoms with Crippen LogP contribution in [0.3, 0.4) is 0 Å². The lowest BCUT2D eigenvalue weighted by Gasteiger charge is -2.21. The maximum Gasteiger partial charge on any atom is 0.416 e. The molecule has 19 heavy (non-hydrogen) atoms. The fourth-order valence-electron chi connectivity index (χ4n) is 1.15. The van der Waals surface area contributed by atoms with E-state index in [0.29, 0.717) is 4.47 Å². The van der Waals surface area contributed by atoms with Gasteiger partial charge in [0.1, 0.15) is 0 Å². The first-order valence-corrected chi connectivity index (χ1v) is 6.65. The van der Waals surface area contributed by atoms with Crippen molar-refractivity contribution in [2.75, 3.05) is 11.2 Å². The Bertz CT molecular complexity index is 488. The molecule has 106 valence electrons. The van der Waals surface area contributed by atoms with Gasteiger partial charge in [-0.05, 0) is 48.0 Å². The van der Waals surface area contributed by atoms with Gasteiger partial charge in [-0.15, -0.1) is 11.6 Å². The number of hydrogen-bond donors (Lipinski definition) is 1. The van der Waals surface area contributed by atoms with Crippen LogP contribution in [-0.4, -0.2) is 11.8 Å². The van der Waals surface area contributed by atoms with Gasteiger partial charge in [0.25, 0.3) is 0 Å². The minimum absolute atomic E-state index is 0.0649. The number of carbonyl (C=O) groups is 1. The number of rotatable bonds is 3. The third-order valence-corrected chi connectivity index (χ3v) is 3.85. The Morgan fingerprint density at radius 1 is 1.37 bits per heavy atom. The van der Waals surface area contributed by atoms with Crippen molar-refractivity contribution in [1.82, 2.24) is 0 Å². The summed E-state index contributed by atoms with van der Waals surface area (Å²) >= 11 is 8.74. The topological polar surface area (TPSA) is 29.1 Å². The zero-order chi connectivity index (χ0) is 14.8. The third kappa shape index (κ3) is 4.11. The van der Waals surface area contributed by atoms with Crippen molar-refractivity contribution in [2.24, 2.45) is 5.41 Å². The predicted octanol–water partition coefficient (Wildman–Crippen LogP) is 4.67. The molecular formula is C12H12BrClF3NO. The maximum atomic E-state index is 12.6. The second kappa shape index (κ2) is 5.71. The first-order valence-electron chi connectivity index (χ1n) is 5.32. The van der Waals surface area contributed by atoms with E-state index in [1.807, 2.05) is 0 Å². The monoisotopic (exact) mass is 357 g/mol. The van der Waals surface area contributed by atoms with Gasteiger partial charge >= 0.3 is 6.18 Å². The Hall–Kier alpha value is -0.750. The van der Waals surface area contributed by atoms with E-state index in [-0.39, 0.29) is 11.6 Å². The second-order valence-electron chi connectivity index (χ2n) is 4.66. The Balaban J connectivity index is 3.05. The molecule has 0 heterocycles. The van der Waals surface area contributed by atoms with Gasteiger partial charge in [-0.25, -0.2) is 0 Å². The van der Waals surface area contributed by atoms with Crippen molar-refractivity contribution in [1.29, 1.82) is 0 Å². The first kappa shape index (κ1) is 16.3. The molecule has 0 unspecified atom stereocenters. The van der Waals surface area contributed by atoms with E-state index in [1.165, 1.54) is 6.07 Å². The van der Waals surface area contributed by atoms with E-state index in [4.69, 9.17) is 11.6 Å². The quantitative estimate of drug-likeness (QED) is 0.782. The van der Waals surface area contributed by atoms with E-state index < -0.39 is 23.1 Å². The summed E-state index contributed by atoms with van der Waals surface area (Å²) in [5, 5.41) is 2.44. The highest BCUT2D eigenvalue weighted by molar-refractivity contribution is 9.10. The summed E-state index contributed by atoms with van der Waals surface area (Å²) in [5.41, 5.74) is -1.62. The number of halogens is 5. The molecule has 0 spiro atoms. The van der Waals surface area contributed by atoms with Crippen LogP contribution in [0.15, 0.2) is 22.7 Å². The SMILES string of the molecule is CC(C)(CCl)C(=O)Nc1cc(C(F)(F)F)ccc1Br. The molecule has 1 rings (SSSR count). The molecule has 1 aromatic rings. The molecule has 0 aliphatic carbocycles. The molecule has 0 aromatic heterocycles. The third-order valence-electron chi connectivity index (χ3n) is 2.49. The van der Waals surface area contributed by atoms with Crippen molar-refractivity contribution in [2.45, 2.75) is 20.0 Å². The number of nitrogens with one attached hydrogen (secondary N) is 1. The first-order chi connectivity index (χ1) is 8.58. The average Bonchev–Trinajstić information content (AvgIpc) is 2.30. The molecule has 0 saturated heterocycles. The van der Waals surface area contributed by atoms with Gasteiger partial charge in [0.05, 0.1) is 16.7 Å². The highest BCUT2D eigenvalue weighted by Crippen LogP contribution is 2.34. The normalized spacial score (nSPS) is 12.4. The Kier molecular flexibility index (Phi) is 4.90.